The Morgan fingerprint density at radius 1 is 1.25 bits per heavy atom. The first-order chi connectivity index (χ1) is 9.49. The number of oxazole rings is 1. The summed E-state index contributed by atoms with van der Waals surface area (Å²) in [5.74, 6) is 2.79. The van der Waals surface area contributed by atoms with Crippen LogP contribution in [0, 0.1) is 13.8 Å². The summed E-state index contributed by atoms with van der Waals surface area (Å²) >= 11 is 1.43. The Hall–Kier alpha value is -1.56. The quantitative estimate of drug-likeness (QED) is 0.846. The van der Waals surface area contributed by atoms with Gasteiger partial charge in [0.2, 0.25) is 0 Å². The van der Waals surface area contributed by atoms with Gasteiger partial charge in [0.15, 0.2) is 0 Å². The highest BCUT2D eigenvalue weighted by molar-refractivity contribution is 7.99. The molecule has 0 aliphatic carbocycles. The van der Waals surface area contributed by atoms with Crippen LogP contribution >= 0.6 is 11.8 Å². The van der Waals surface area contributed by atoms with E-state index in [9.17, 15) is 0 Å². The Bertz CT molecular complexity index is 575. The predicted octanol–water partition coefficient (Wildman–Crippen LogP) is 3.79. The summed E-state index contributed by atoms with van der Waals surface area (Å²) in [6.45, 7) is 10.9. The Morgan fingerprint density at radius 3 is 2.55 bits per heavy atom. The molecule has 0 atom stereocenters. The molecule has 1 N–H and O–H groups in total. The van der Waals surface area contributed by atoms with E-state index in [2.05, 4.69) is 34.1 Å². The third-order valence-electron chi connectivity index (χ3n) is 2.80. The van der Waals surface area contributed by atoms with Crippen molar-refractivity contribution in [1.29, 1.82) is 0 Å². The normalized spacial score (nSPS) is 11.1. The lowest BCUT2D eigenvalue weighted by molar-refractivity contribution is 0.431. The second-order valence-corrected chi connectivity index (χ2v) is 5.83. The Morgan fingerprint density at radius 2 is 2.00 bits per heavy atom. The van der Waals surface area contributed by atoms with Gasteiger partial charge in [0, 0.05) is 18.5 Å². The molecule has 2 heterocycles. The summed E-state index contributed by atoms with van der Waals surface area (Å²) in [5, 5.41) is 4.70. The molecule has 5 nitrogen and oxygen atoms in total. The van der Waals surface area contributed by atoms with Crippen LogP contribution in [-0.4, -0.2) is 21.5 Å². The van der Waals surface area contributed by atoms with Crippen molar-refractivity contribution in [2.24, 2.45) is 0 Å². The van der Waals surface area contributed by atoms with Crippen molar-refractivity contribution in [1.82, 2.24) is 15.0 Å². The molecule has 0 radical (unpaired) electrons. The Kier molecular flexibility index (Phi) is 4.65. The van der Waals surface area contributed by atoms with Gasteiger partial charge >= 0.3 is 0 Å². The van der Waals surface area contributed by atoms with Crippen LogP contribution in [0.4, 0.5) is 5.82 Å². The van der Waals surface area contributed by atoms with E-state index in [0.717, 1.165) is 34.7 Å². The maximum absolute atomic E-state index is 5.59. The van der Waals surface area contributed by atoms with Crippen LogP contribution < -0.4 is 5.32 Å². The largest absolute Gasteiger partial charge is 0.436 e. The molecule has 0 aromatic carbocycles. The maximum atomic E-state index is 5.59. The standard InChI is InChI=1S/C14H20N4OS/c1-6-15-11-7-12(18-13(17-11)8(2)3)20-14-16-9(4)10(5)19-14/h7-8H,6H2,1-5H3,(H,15,17,18). The number of anilines is 1. The van der Waals surface area contributed by atoms with Gasteiger partial charge in [-0.2, -0.15) is 0 Å². The maximum Gasteiger partial charge on any atom is 0.262 e. The number of rotatable bonds is 5. The summed E-state index contributed by atoms with van der Waals surface area (Å²) < 4.78 is 5.59. The van der Waals surface area contributed by atoms with Crippen molar-refractivity contribution in [2.75, 3.05) is 11.9 Å². The smallest absolute Gasteiger partial charge is 0.262 e. The number of aromatic nitrogens is 3. The fourth-order valence-electron chi connectivity index (χ4n) is 1.60. The molecule has 2 aromatic rings. The number of aryl methyl sites for hydroxylation is 2. The minimum atomic E-state index is 0.279. The summed E-state index contributed by atoms with van der Waals surface area (Å²) in [6.07, 6.45) is 0. The van der Waals surface area contributed by atoms with Crippen molar-refractivity contribution in [2.45, 2.75) is 50.8 Å². The molecule has 0 bridgehead atoms. The van der Waals surface area contributed by atoms with Crippen LogP contribution in [0.3, 0.4) is 0 Å². The van der Waals surface area contributed by atoms with Crippen molar-refractivity contribution in [3.8, 4) is 0 Å². The third kappa shape index (κ3) is 3.50. The van der Waals surface area contributed by atoms with Crippen LogP contribution in [-0.2, 0) is 0 Å². The number of nitrogens with zero attached hydrogens (tertiary/aromatic N) is 3. The zero-order valence-electron chi connectivity index (χ0n) is 12.5. The SMILES string of the molecule is CCNc1cc(Sc2nc(C)c(C)o2)nc(C(C)C)n1. The minimum Gasteiger partial charge on any atom is -0.436 e. The topological polar surface area (TPSA) is 63.8 Å². The van der Waals surface area contributed by atoms with Crippen molar-refractivity contribution < 1.29 is 4.42 Å². The first-order valence-corrected chi connectivity index (χ1v) is 7.56. The van der Waals surface area contributed by atoms with Gasteiger partial charge in [0.1, 0.15) is 22.4 Å². The van der Waals surface area contributed by atoms with Gasteiger partial charge in [0.05, 0.1) is 5.69 Å². The molecule has 0 fully saturated rings. The summed E-state index contributed by atoms with van der Waals surface area (Å²) in [7, 11) is 0. The zero-order chi connectivity index (χ0) is 14.7. The van der Waals surface area contributed by atoms with E-state index in [0.29, 0.717) is 5.22 Å². The minimum absolute atomic E-state index is 0.279. The first kappa shape index (κ1) is 14.8. The molecule has 20 heavy (non-hydrogen) atoms. The fourth-order valence-corrected chi connectivity index (χ4v) is 2.44. The second kappa shape index (κ2) is 6.26. The second-order valence-electron chi connectivity index (χ2n) is 4.86. The third-order valence-corrected chi connectivity index (χ3v) is 3.56. The van der Waals surface area contributed by atoms with Crippen LogP contribution in [0.25, 0.3) is 0 Å². The van der Waals surface area contributed by atoms with Crippen LogP contribution in [0.1, 0.15) is 44.0 Å². The molecule has 2 aromatic heterocycles. The molecule has 108 valence electrons. The highest BCUT2D eigenvalue weighted by Gasteiger charge is 2.12. The van der Waals surface area contributed by atoms with E-state index in [1.54, 1.807) is 0 Å². The lowest BCUT2D eigenvalue weighted by Gasteiger charge is -2.09. The molecule has 0 amide bonds. The van der Waals surface area contributed by atoms with Gasteiger partial charge in [-0.25, -0.2) is 15.0 Å². The lowest BCUT2D eigenvalue weighted by Crippen LogP contribution is -2.05. The Labute approximate surface area is 123 Å². The van der Waals surface area contributed by atoms with E-state index in [1.165, 1.54) is 11.8 Å². The molecule has 0 saturated carbocycles. The van der Waals surface area contributed by atoms with E-state index < -0.39 is 0 Å². The summed E-state index contributed by atoms with van der Waals surface area (Å²) in [6, 6.07) is 1.93. The van der Waals surface area contributed by atoms with Gasteiger partial charge in [-0.3, -0.25) is 0 Å². The molecular weight excluding hydrogens is 272 g/mol. The van der Waals surface area contributed by atoms with E-state index in [4.69, 9.17) is 4.42 Å². The zero-order valence-corrected chi connectivity index (χ0v) is 13.3. The van der Waals surface area contributed by atoms with Crippen molar-refractivity contribution in [3.63, 3.8) is 0 Å². The molecule has 2 rings (SSSR count). The van der Waals surface area contributed by atoms with Crippen LogP contribution in [0.5, 0.6) is 0 Å². The summed E-state index contributed by atoms with van der Waals surface area (Å²) in [5.41, 5.74) is 0.914. The molecule has 0 aliphatic heterocycles. The first-order valence-electron chi connectivity index (χ1n) is 6.74. The molecule has 0 spiro atoms. The van der Waals surface area contributed by atoms with Crippen molar-refractivity contribution in [3.05, 3.63) is 23.3 Å². The van der Waals surface area contributed by atoms with Crippen LogP contribution in [0.2, 0.25) is 0 Å². The van der Waals surface area contributed by atoms with E-state index >= 15 is 0 Å². The molecular formula is C14H20N4OS. The monoisotopic (exact) mass is 292 g/mol. The average molecular weight is 292 g/mol. The van der Waals surface area contributed by atoms with Crippen LogP contribution in [0.15, 0.2) is 20.7 Å². The predicted molar refractivity (Wildman–Crippen MR) is 80.4 cm³/mol. The lowest BCUT2D eigenvalue weighted by atomic mass is 10.2. The molecule has 0 aliphatic rings. The molecule has 6 heteroatoms. The number of hydrogen-bond acceptors (Lipinski definition) is 6. The van der Waals surface area contributed by atoms with Gasteiger partial charge in [0.25, 0.3) is 5.22 Å². The van der Waals surface area contributed by atoms with E-state index in [1.807, 2.05) is 26.8 Å². The Balaban J connectivity index is 2.29. The number of hydrogen-bond donors (Lipinski definition) is 1. The van der Waals surface area contributed by atoms with Gasteiger partial charge < -0.3 is 9.73 Å². The van der Waals surface area contributed by atoms with Crippen molar-refractivity contribution >= 4 is 17.6 Å². The van der Waals surface area contributed by atoms with E-state index in [-0.39, 0.29) is 5.92 Å². The van der Waals surface area contributed by atoms with Gasteiger partial charge in [-0.15, -0.1) is 0 Å². The number of nitrogens with one attached hydrogen (secondary N) is 1. The molecule has 0 saturated heterocycles. The van der Waals surface area contributed by atoms with Gasteiger partial charge in [-0.05, 0) is 32.5 Å². The van der Waals surface area contributed by atoms with Gasteiger partial charge in [-0.1, -0.05) is 13.8 Å². The fraction of sp³-hybridized carbons (Fsp3) is 0.500. The highest BCUT2D eigenvalue weighted by Crippen LogP contribution is 2.29. The summed E-state index contributed by atoms with van der Waals surface area (Å²) in [4.78, 5) is 13.4. The highest BCUT2D eigenvalue weighted by atomic mass is 32.2. The average Bonchev–Trinajstić information content (AvgIpc) is 2.68. The molecule has 0 unspecified atom stereocenters.